The molecule has 0 radical (unpaired) electrons. The lowest BCUT2D eigenvalue weighted by atomic mass is 10.2. The molecule has 3 heteroatoms. The second-order valence-corrected chi connectivity index (χ2v) is 4.15. The Balaban J connectivity index is 2.55. The van der Waals surface area contributed by atoms with Crippen molar-refractivity contribution in [2.75, 3.05) is 6.54 Å². The van der Waals surface area contributed by atoms with E-state index in [0.29, 0.717) is 12.2 Å². The molecule has 14 heavy (non-hydrogen) atoms. The predicted octanol–water partition coefficient (Wildman–Crippen LogP) is 2.49. The van der Waals surface area contributed by atoms with Crippen molar-refractivity contribution in [3.8, 4) is 0 Å². The van der Waals surface area contributed by atoms with Gasteiger partial charge in [0, 0.05) is 12.6 Å². The molecule has 0 bridgehead atoms. The quantitative estimate of drug-likeness (QED) is 0.674. The fraction of sp³-hybridized carbons (Fsp3) is 0.909. The monoisotopic (exact) mass is 197 g/mol. The largest absolute Gasteiger partial charge is 0.337 e. The molecule has 82 valence electrons. The summed E-state index contributed by atoms with van der Waals surface area (Å²) in [6, 6.07) is 0.553. The topological polar surface area (TPSA) is 18.8 Å². The van der Waals surface area contributed by atoms with Crippen LogP contribution in [0.25, 0.3) is 0 Å². The molecule has 0 aliphatic carbocycles. The number of hydrogen-bond acceptors (Lipinski definition) is 3. The Kier molecular flexibility index (Phi) is 4.23. The van der Waals surface area contributed by atoms with Crippen LogP contribution in [0.1, 0.15) is 47.0 Å². The first-order valence-corrected chi connectivity index (χ1v) is 5.78. The second kappa shape index (κ2) is 5.23. The molecule has 0 amide bonds. The molecule has 0 saturated carbocycles. The third-order valence-electron chi connectivity index (χ3n) is 2.76. The van der Waals surface area contributed by atoms with Gasteiger partial charge in [0.25, 0.3) is 0 Å². The van der Waals surface area contributed by atoms with Gasteiger partial charge in [-0.1, -0.05) is 13.3 Å². The Bertz CT molecular complexity index is 189. The van der Waals surface area contributed by atoms with Gasteiger partial charge in [-0.2, -0.15) is 5.10 Å². The van der Waals surface area contributed by atoms with Crippen molar-refractivity contribution < 1.29 is 0 Å². The first-order chi connectivity index (χ1) is 6.70. The summed E-state index contributed by atoms with van der Waals surface area (Å²) in [4.78, 5) is 2.36. The van der Waals surface area contributed by atoms with Gasteiger partial charge in [-0.05, 0) is 33.6 Å². The third-order valence-corrected chi connectivity index (χ3v) is 2.76. The highest BCUT2D eigenvalue weighted by atomic mass is 15.6. The zero-order valence-corrected chi connectivity index (χ0v) is 9.90. The van der Waals surface area contributed by atoms with Crippen LogP contribution >= 0.6 is 0 Å². The Morgan fingerprint density at radius 3 is 2.57 bits per heavy atom. The minimum Gasteiger partial charge on any atom is -0.337 e. The van der Waals surface area contributed by atoms with E-state index in [4.69, 9.17) is 0 Å². The number of rotatable bonds is 5. The average molecular weight is 197 g/mol. The molecule has 0 saturated heterocycles. The maximum Gasteiger partial charge on any atom is 0.119 e. The van der Waals surface area contributed by atoms with Gasteiger partial charge in [0.2, 0.25) is 0 Å². The summed E-state index contributed by atoms with van der Waals surface area (Å²) in [5.41, 5.74) is 0. The van der Waals surface area contributed by atoms with Gasteiger partial charge >= 0.3 is 0 Å². The molecule has 0 aromatic carbocycles. The Morgan fingerprint density at radius 2 is 2.07 bits per heavy atom. The second-order valence-electron chi connectivity index (χ2n) is 4.15. The van der Waals surface area contributed by atoms with E-state index < -0.39 is 0 Å². The van der Waals surface area contributed by atoms with Crippen molar-refractivity contribution in [2.24, 2.45) is 5.10 Å². The molecular formula is C11H23N3. The van der Waals surface area contributed by atoms with Crippen molar-refractivity contribution in [2.45, 2.75) is 59.2 Å². The minimum atomic E-state index is 0.500. The molecule has 1 unspecified atom stereocenters. The van der Waals surface area contributed by atoms with Crippen molar-refractivity contribution in [3.05, 3.63) is 0 Å². The van der Waals surface area contributed by atoms with E-state index in [0.717, 1.165) is 6.54 Å². The maximum atomic E-state index is 4.43. The van der Waals surface area contributed by atoms with Crippen LogP contribution < -0.4 is 0 Å². The van der Waals surface area contributed by atoms with Gasteiger partial charge in [0.15, 0.2) is 0 Å². The molecule has 0 aromatic rings. The number of hydrazone groups is 1. The summed E-state index contributed by atoms with van der Waals surface area (Å²) in [5.74, 6) is 0. The van der Waals surface area contributed by atoms with Gasteiger partial charge in [0.1, 0.15) is 12.5 Å². The lowest BCUT2D eigenvalue weighted by Gasteiger charge is -2.32. The first-order valence-electron chi connectivity index (χ1n) is 5.78. The zero-order valence-electron chi connectivity index (χ0n) is 9.90. The third kappa shape index (κ3) is 2.40. The maximum absolute atomic E-state index is 4.43. The molecule has 1 rings (SSSR count). The standard InChI is InChI=1S/C11H23N3/c1-5-7-8-11-13(10(3)4)9-12-14(11)6-2/h9-11H,5-8H2,1-4H3. The Labute approximate surface area is 87.8 Å². The number of unbranched alkanes of at least 4 members (excludes halogenated alkanes) is 1. The van der Waals surface area contributed by atoms with Gasteiger partial charge in [-0.15, -0.1) is 0 Å². The summed E-state index contributed by atoms with van der Waals surface area (Å²) >= 11 is 0. The molecule has 0 aromatic heterocycles. The van der Waals surface area contributed by atoms with Crippen LogP contribution in [-0.4, -0.2) is 35.0 Å². The van der Waals surface area contributed by atoms with Crippen LogP contribution in [0.15, 0.2) is 5.10 Å². The van der Waals surface area contributed by atoms with Crippen LogP contribution in [0, 0.1) is 0 Å². The smallest absolute Gasteiger partial charge is 0.119 e. The zero-order chi connectivity index (χ0) is 10.6. The van der Waals surface area contributed by atoms with Crippen LogP contribution in [-0.2, 0) is 0 Å². The van der Waals surface area contributed by atoms with E-state index in [1.807, 2.05) is 6.34 Å². The predicted molar refractivity (Wildman–Crippen MR) is 61.2 cm³/mol. The number of nitrogens with zero attached hydrogens (tertiary/aromatic N) is 3. The fourth-order valence-electron chi connectivity index (χ4n) is 1.89. The molecule has 1 aliphatic heterocycles. The molecule has 3 nitrogen and oxygen atoms in total. The molecule has 1 atom stereocenters. The van der Waals surface area contributed by atoms with Crippen molar-refractivity contribution >= 4 is 6.34 Å². The van der Waals surface area contributed by atoms with Crippen LogP contribution in [0.3, 0.4) is 0 Å². The summed E-state index contributed by atoms with van der Waals surface area (Å²) in [5, 5.41) is 6.62. The molecule has 0 spiro atoms. The summed E-state index contributed by atoms with van der Waals surface area (Å²) in [6.07, 6.45) is 6.27. The van der Waals surface area contributed by atoms with E-state index in [1.165, 1.54) is 19.3 Å². The first kappa shape index (κ1) is 11.3. The van der Waals surface area contributed by atoms with Crippen molar-refractivity contribution in [1.82, 2.24) is 9.91 Å². The van der Waals surface area contributed by atoms with E-state index in [9.17, 15) is 0 Å². The highest BCUT2D eigenvalue weighted by Gasteiger charge is 2.27. The lowest BCUT2D eigenvalue weighted by Crippen LogP contribution is -2.43. The van der Waals surface area contributed by atoms with E-state index in [1.54, 1.807) is 0 Å². The Morgan fingerprint density at radius 1 is 1.36 bits per heavy atom. The summed E-state index contributed by atoms with van der Waals surface area (Å²) in [7, 11) is 0. The summed E-state index contributed by atoms with van der Waals surface area (Å²) < 4.78 is 0. The normalized spacial score (nSPS) is 21.4. The molecule has 0 fully saturated rings. The van der Waals surface area contributed by atoms with Crippen LogP contribution in [0.5, 0.6) is 0 Å². The van der Waals surface area contributed by atoms with E-state index in [-0.39, 0.29) is 0 Å². The molecule has 1 aliphatic rings. The van der Waals surface area contributed by atoms with E-state index >= 15 is 0 Å². The molecule has 1 heterocycles. The van der Waals surface area contributed by atoms with Gasteiger partial charge in [-0.25, -0.2) is 0 Å². The fourth-order valence-corrected chi connectivity index (χ4v) is 1.89. The SMILES string of the molecule is CCCCC1N(CC)N=CN1C(C)C. The molecule has 0 N–H and O–H groups in total. The molecular weight excluding hydrogens is 174 g/mol. The minimum absolute atomic E-state index is 0.500. The van der Waals surface area contributed by atoms with Crippen molar-refractivity contribution in [1.29, 1.82) is 0 Å². The van der Waals surface area contributed by atoms with Crippen LogP contribution in [0.4, 0.5) is 0 Å². The van der Waals surface area contributed by atoms with Crippen LogP contribution in [0.2, 0.25) is 0 Å². The Hall–Kier alpha value is -0.730. The highest BCUT2D eigenvalue weighted by molar-refractivity contribution is 5.57. The summed E-state index contributed by atoms with van der Waals surface area (Å²) in [6.45, 7) is 9.87. The average Bonchev–Trinajstić information content (AvgIpc) is 2.57. The van der Waals surface area contributed by atoms with Gasteiger partial charge in [0.05, 0.1) is 0 Å². The van der Waals surface area contributed by atoms with Gasteiger partial charge < -0.3 is 4.90 Å². The van der Waals surface area contributed by atoms with Gasteiger partial charge in [-0.3, -0.25) is 5.01 Å². The highest BCUT2D eigenvalue weighted by Crippen LogP contribution is 2.19. The lowest BCUT2D eigenvalue weighted by molar-refractivity contribution is 0.108. The van der Waals surface area contributed by atoms with E-state index in [2.05, 4.69) is 42.7 Å². The number of hydrogen-bond donors (Lipinski definition) is 0. The van der Waals surface area contributed by atoms with Crippen molar-refractivity contribution in [3.63, 3.8) is 0 Å².